The van der Waals surface area contributed by atoms with Crippen LogP contribution in [0.3, 0.4) is 0 Å². The van der Waals surface area contributed by atoms with Crippen LogP contribution in [0.15, 0.2) is 54.6 Å². The monoisotopic (exact) mass is 196 g/mol. The third kappa shape index (κ3) is 1.89. The maximum atomic E-state index is 11.9. The lowest BCUT2D eigenvalue weighted by Gasteiger charge is -2.02. The molecule has 1 radical (unpaired) electrons. The van der Waals surface area contributed by atoms with Crippen molar-refractivity contribution in [2.45, 2.75) is 0 Å². The van der Waals surface area contributed by atoms with Gasteiger partial charge in [-0.25, -0.2) is 0 Å². The lowest BCUT2D eigenvalue weighted by molar-refractivity contribution is 0.103. The summed E-state index contributed by atoms with van der Waals surface area (Å²) < 4.78 is 0. The van der Waals surface area contributed by atoms with E-state index in [-0.39, 0.29) is 11.5 Å². The number of benzene rings is 2. The molecule has 0 aliphatic carbocycles. The zero-order valence-corrected chi connectivity index (χ0v) is 8.10. The molecule has 0 aromatic heterocycles. The molecule has 2 nitrogen and oxygen atoms in total. The highest BCUT2D eigenvalue weighted by Crippen LogP contribution is 2.16. The quantitative estimate of drug-likeness (QED) is 0.681. The van der Waals surface area contributed by atoms with Crippen molar-refractivity contribution in [3.05, 3.63) is 65.7 Å². The summed E-state index contributed by atoms with van der Waals surface area (Å²) in [5, 5.41) is 0. The number of ketones is 1. The Morgan fingerprint density at radius 1 is 0.867 bits per heavy atom. The minimum atomic E-state index is -0.0961. The van der Waals surface area contributed by atoms with E-state index in [1.165, 1.54) is 0 Å². The molecule has 15 heavy (non-hydrogen) atoms. The van der Waals surface area contributed by atoms with E-state index in [4.69, 9.17) is 5.73 Å². The molecule has 0 amide bonds. The molecule has 0 aliphatic heterocycles. The van der Waals surface area contributed by atoms with Crippen LogP contribution in [0.25, 0.3) is 0 Å². The van der Waals surface area contributed by atoms with Crippen LogP contribution in [-0.2, 0) is 0 Å². The average molecular weight is 196 g/mol. The lowest BCUT2D eigenvalue weighted by atomic mass is 10.0. The normalized spacial score (nSPS) is 9.87. The summed E-state index contributed by atoms with van der Waals surface area (Å²) in [5.41, 5.74) is 8.97. The van der Waals surface area contributed by atoms with Crippen LogP contribution >= 0.6 is 0 Å². The van der Waals surface area contributed by atoms with Crippen LogP contribution in [-0.4, -0.2) is 5.78 Å². The molecular weight excluding hydrogens is 186 g/mol. The number of hydrogen-bond donors (Lipinski definition) is 0. The van der Waals surface area contributed by atoms with Gasteiger partial charge >= 0.3 is 0 Å². The second-order valence-electron chi connectivity index (χ2n) is 3.24. The number of carbonyl (C=O) groups excluding carboxylic acids is 1. The fourth-order valence-corrected chi connectivity index (χ4v) is 1.43. The average Bonchev–Trinajstić information content (AvgIpc) is 2.30. The van der Waals surface area contributed by atoms with Crippen LogP contribution < -0.4 is 5.73 Å². The Bertz CT molecular complexity index is 477. The largest absolute Gasteiger partial charge is 0.300 e. The summed E-state index contributed by atoms with van der Waals surface area (Å²) in [6, 6.07) is 15.8. The van der Waals surface area contributed by atoms with Gasteiger partial charge in [-0.2, -0.15) is 0 Å². The van der Waals surface area contributed by atoms with Crippen molar-refractivity contribution in [3.8, 4) is 0 Å². The van der Waals surface area contributed by atoms with Crippen molar-refractivity contribution in [1.82, 2.24) is 5.73 Å². The van der Waals surface area contributed by atoms with Gasteiger partial charge in [-0.3, -0.25) is 4.79 Å². The first kappa shape index (κ1) is 9.46. The highest BCUT2D eigenvalue weighted by Gasteiger charge is 2.10. The van der Waals surface area contributed by atoms with Crippen molar-refractivity contribution < 1.29 is 4.79 Å². The van der Waals surface area contributed by atoms with Crippen LogP contribution in [0.1, 0.15) is 15.9 Å². The summed E-state index contributed by atoms with van der Waals surface area (Å²) in [5.74, 6) is -0.0961. The molecule has 0 spiro atoms. The summed E-state index contributed by atoms with van der Waals surface area (Å²) >= 11 is 0. The van der Waals surface area contributed by atoms with Gasteiger partial charge < -0.3 is 5.73 Å². The maximum absolute atomic E-state index is 11.9. The number of hydrogen-bond acceptors (Lipinski definition) is 1. The second-order valence-corrected chi connectivity index (χ2v) is 3.24. The molecule has 2 aromatic rings. The Labute approximate surface area is 88.4 Å². The van der Waals surface area contributed by atoms with Gasteiger partial charge in [0.25, 0.3) is 0 Å². The smallest absolute Gasteiger partial charge is 0.195 e. The van der Waals surface area contributed by atoms with E-state index < -0.39 is 0 Å². The molecule has 1 N–H and O–H groups in total. The van der Waals surface area contributed by atoms with Crippen LogP contribution in [0.4, 0.5) is 5.69 Å². The van der Waals surface area contributed by atoms with E-state index in [9.17, 15) is 4.79 Å². The lowest BCUT2D eigenvalue weighted by Crippen LogP contribution is -2.01. The molecule has 2 aromatic carbocycles. The molecule has 0 aliphatic rings. The third-order valence-corrected chi connectivity index (χ3v) is 2.21. The highest BCUT2D eigenvalue weighted by molar-refractivity contribution is 6.11. The predicted octanol–water partition coefficient (Wildman–Crippen LogP) is 2.83. The molecule has 0 bridgehead atoms. The van der Waals surface area contributed by atoms with Crippen molar-refractivity contribution in [3.63, 3.8) is 0 Å². The van der Waals surface area contributed by atoms with Gasteiger partial charge in [0.05, 0.1) is 5.69 Å². The fourth-order valence-electron chi connectivity index (χ4n) is 1.43. The Kier molecular flexibility index (Phi) is 2.50. The molecule has 2 rings (SSSR count). The summed E-state index contributed by atoms with van der Waals surface area (Å²) in [4.78, 5) is 11.9. The molecule has 2 heteroatoms. The van der Waals surface area contributed by atoms with E-state index in [0.29, 0.717) is 11.1 Å². The minimum Gasteiger partial charge on any atom is -0.300 e. The molecule has 0 atom stereocenters. The van der Waals surface area contributed by atoms with Crippen molar-refractivity contribution in [2.24, 2.45) is 0 Å². The first-order valence-corrected chi connectivity index (χ1v) is 4.69. The van der Waals surface area contributed by atoms with Gasteiger partial charge in [0.2, 0.25) is 0 Å². The molecule has 0 saturated heterocycles. The van der Waals surface area contributed by atoms with Crippen molar-refractivity contribution in [2.75, 3.05) is 0 Å². The van der Waals surface area contributed by atoms with E-state index in [0.717, 1.165) is 0 Å². The summed E-state index contributed by atoms with van der Waals surface area (Å²) in [7, 11) is 0. The molecule has 0 saturated carbocycles. The van der Waals surface area contributed by atoms with Crippen LogP contribution in [0.2, 0.25) is 0 Å². The van der Waals surface area contributed by atoms with Gasteiger partial charge in [-0.05, 0) is 12.1 Å². The van der Waals surface area contributed by atoms with E-state index in [1.54, 1.807) is 36.4 Å². The predicted molar refractivity (Wildman–Crippen MR) is 59.1 cm³/mol. The number of rotatable bonds is 2. The first-order chi connectivity index (χ1) is 7.29. The van der Waals surface area contributed by atoms with Crippen LogP contribution in [0, 0.1) is 0 Å². The Morgan fingerprint density at radius 2 is 1.47 bits per heavy atom. The zero-order chi connectivity index (χ0) is 10.7. The maximum Gasteiger partial charge on any atom is 0.195 e. The van der Waals surface area contributed by atoms with Crippen molar-refractivity contribution >= 4 is 11.5 Å². The Morgan fingerprint density at radius 3 is 2.13 bits per heavy atom. The second kappa shape index (κ2) is 3.96. The van der Waals surface area contributed by atoms with Gasteiger partial charge in [-0.15, -0.1) is 0 Å². The third-order valence-electron chi connectivity index (χ3n) is 2.21. The van der Waals surface area contributed by atoms with E-state index in [1.807, 2.05) is 18.2 Å². The first-order valence-electron chi connectivity index (χ1n) is 4.69. The molecule has 73 valence electrons. The van der Waals surface area contributed by atoms with Gasteiger partial charge in [0.15, 0.2) is 5.78 Å². The van der Waals surface area contributed by atoms with Gasteiger partial charge in [-0.1, -0.05) is 42.5 Å². The zero-order valence-electron chi connectivity index (χ0n) is 8.10. The van der Waals surface area contributed by atoms with Crippen LogP contribution in [0.5, 0.6) is 0 Å². The Balaban J connectivity index is 2.42. The van der Waals surface area contributed by atoms with Gasteiger partial charge in [0.1, 0.15) is 0 Å². The van der Waals surface area contributed by atoms with E-state index >= 15 is 0 Å². The SMILES string of the molecule is [NH]c1ccccc1C(=O)c1ccccc1. The van der Waals surface area contributed by atoms with E-state index in [2.05, 4.69) is 0 Å². The molecule has 0 fully saturated rings. The number of carbonyl (C=O) groups is 1. The van der Waals surface area contributed by atoms with Gasteiger partial charge in [0, 0.05) is 11.1 Å². The molecule has 0 heterocycles. The summed E-state index contributed by atoms with van der Waals surface area (Å²) in [6.45, 7) is 0. The minimum absolute atomic E-state index is 0.0961. The topological polar surface area (TPSA) is 40.9 Å². The highest BCUT2D eigenvalue weighted by atomic mass is 16.1. The summed E-state index contributed by atoms with van der Waals surface area (Å²) in [6.07, 6.45) is 0. The molecule has 0 unspecified atom stereocenters. The van der Waals surface area contributed by atoms with Crippen molar-refractivity contribution in [1.29, 1.82) is 0 Å². The Hall–Kier alpha value is -2.09. The fraction of sp³-hybridized carbons (Fsp3) is 0. The number of nitrogens with one attached hydrogen (secondary N) is 1. The standard InChI is InChI=1S/C13H10NO/c14-12-9-5-4-8-11(12)13(15)10-6-2-1-3-7-10/h1-9,14H. The molecular formula is C13H10NO.